The van der Waals surface area contributed by atoms with Crippen molar-refractivity contribution < 1.29 is 32.2 Å². The number of nitrogens with zero attached hydrogens (tertiary/aromatic N) is 1. The molecule has 0 bridgehead atoms. The monoisotopic (exact) mass is 671 g/mol. The van der Waals surface area contributed by atoms with Crippen molar-refractivity contribution in [2.24, 2.45) is 0 Å². The van der Waals surface area contributed by atoms with Crippen LogP contribution < -0.4 is 24.4 Å². The van der Waals surface area contributed by atoms with Gasteiger partial charge in [0.05, 0.1) is 25.2 Å². The van der Waals surface area contributed by atoms with Crippen LogP contribution in [0.2, 0.25) is 0 Å². The molecule has 1 heterocycles. The molecule has 10 nitrogen and oxygen atoms in total. The summed E-state index contributed by atoms with van der Waals surface area (Å²) < 4.78 is 43.3. The van der Waals surface area contributed by atoms with E-state index in [0.717, 1.165) is 28.6 Å². The van der Waals surface area contributed by atoms with Gasteiger partial charge in [-0.15, -0.1) is 0 Å². The molecule has 1 aliphatic heterocycles. The van der Waals surface area contributed by atoms with Crippen LogP contribution in [0.1, 0.15) is 42.4 Å². The van der Waals surface area contributed by atoms with Crippen molar-refractivity contribution in [1.29, 1.82) is 0 Å². The Morgan fingerprint density at radius 3 is 2.15 bits per heavy atom. The van der Waals surface area contributed by atoms with Gasteiger partial charge < -0.3 is 24.4 Å². The fourth-order valence-corrected chi connectivity index (χ4v) is 6.02. The minimum atomic E-state index is -3.42. The van der Waals surface area contributed by atoms with E-state index in [9.17, 15) is 18.0 Å². The molecular weight excluding hydrogens is 630 g/mol. The smallest absolute Gasteiger partial charge is 0.328 e. The van der Waals surface area contributed by atoms with Gasteiger partial charge >= 0.3 is 5.97 Å². The zero-order valence-electron chi connectivity index (χ0n) is 27.2. The lowest BCUT2D eigenvalue weighted by atomic mass is 10.1. The first-order valence-electron chi connectivity index (χ1n) is 15.9. The Balaban J connectivity index is 1.13. The third-order valence-corrected chi connectivity index (χ3v) is 8.44. The van der Waals surface area contributed by atoms with Crippen molar-refractivity contribution in [3.63, 3.8) is 0 Å². The summed E-state index contributed by atoms with van der Waals surface area (Å²) >= 11 is 0. The molecule has 4 aromatic rings. The molecule has 11 heteroatoms. The van der Waals surface area contributed by atoms with Gasteiger partial charge in [-0.1, -0.05) is 48.5 Å². The number of anilines is 2. The summed E-state index contributed by atoms with van der Waals surface area (Å²) in [5.74, 6) is 1.57. The summed E-state index contributed by atoms with van der Waals surface area (Å²) in [6.07, 6.45) is 3.37. The van der Waals surface area contributed by atoms with Gasteiger partial charge in [-0.2, -0.15) is 0 Å². The topological polar surface area (TPSA) is 123 Å². The van der Waals surface area contributed by atoms with E-state index in [-0.39, 0.29) is 11.9 Å². The van der Waals surface area contributed by atoms with Crippen molar-refractivity contribution in [1.82, 2.24) is 5.32 Å². The van der Waals surface area contributed by atoms with Gasteiger partial charge in [0.1, 0.15) is 23.3 Å². The van der Waals surface area contributed by atoms with Crippen molar-refractivity contribution >= 4 is 33.3 Å². The largest absolute Gasteiger partial charge is 0.494 e. The number of hydrogen-bond acceptors (Lipinski definition) is 8. The van der Waals surface area contributed by atoms with Gasteiger partial charge in [0.2, 0.25) is 15.9 Å². The first-order chi connectivity index (χ1) is 23.1. The Hall–Kier alpha value is -5.03. The Labute approximate surface area is 282 Å². The number of carbonyl (C=O) groups excluding carboxylic acids is 2. The number of esters is 1. The second kappa shape index (κ2) is 16.2. The fourth-order valence-electron chi connectivity index (χ4n) is 5.40. The van der Waals surface area contributed by atoms with Crippen LogP contribution in [0.15, 0.2) is 97.1 Å². The zero-order chi connectivity index (χ0) is 33.9. The summed E-state index contributed by atoms with van der Waals surface area (Å²) in [6.45, 7) is 4.00. The predicted molar refractivity (Wildman–Crippen MR) is 186 cm³/mol. The highest BCUT2D eigenvalue weighted by Gasteiger charge is 2.27. The molecule has 1 unspecified atom stereocenters. The fraction of sp³-hybridized carbons (Fsp3) is 0.297. The molecule has 2 N–H and O–H groups in total. The third-order valence-electron chi connectivity index (χ3n) is 7.85. The highest BCUT2D eigenvalue weighted by molar-refractivity contribution is 7.92. The number of ether oxygens (including phenoxy) is 3. The van der Waals surface area contributed by atoms with E-state index >= 15 is 0 Å². The van der Waals surface area contributed by atoms with Crippen LogP contribution >= 0.6 is 0 Å². The molecule has 1 fully saturated rings. The van der Waals surface area contributed by atoms with E-state index in [1.165, 1.54) is 0 Å². The standard InChI is InChI=1S/C37H41N3O7S/c1-27-33(39-48(2,43)44)11-8-12-35(27)40(25-28-9-4-3-5-10-28)26-29-14-16-31(17-15-29)47-32-20-18-30(19-21-32)45-23-7-6-13-36(41)38-34-22-24-46-37(34)42/h3-5,8-12,14-21,34,39H,6-7,13,22-26H2,1-2H3,(H,38,41). The molecule has 1 saturated heterocycles. The van der Waals surface area contributed by atoms with E-state index in [2.05, 4.69) is 27.1 Å². The van der Waals surface area contributed by atoms with Crippen molar-refractivity contribution in [3.05, 3.63) is 114 Å². The van der Waals surface area contributed by atoms with Gasteiger partial charge in [-0.3, -0.25) is 9.52 Å². The van der Waals surface area contributed by atoms with Crippen LogP contribution in [-0.4, -0.2) is 45.8 Å². The zero-order valence-corrected chi connectivity index (χ0v) is 28.0. The lowest BCUT2D eigenvalue weighted by Gasteiger charge is -2.28. The second-order valence-electron chi connectivity index (χ2n) is 11.8. The van der Waals surface area contributed by atoms with Crippen LogP contribution in [0.5, 0.6) is 17.2 Å². The predicted octanol–water partition coefficient (Wildman–Crippen LogP) is 6.35. The van der Waals surface area contributed by atoms with E-state index in [1.807, 2.05) is 85.8 Å². The molecule has 0 spiro atoms. The third kappa shape index (κ3) is 10.2. The maximum Gasteiger partial charge on any atom is 0.328 e. The van der Waals surface area contributed by atoms with Crippen molar-refractivity contribution in [2.75, 3.05) is 29.1 Å². The summed E-state index contributed by atoms with van der Waals surface area (Å²) in [5, 5.41) is 2.71. The normalized spacial score (nSPS) is 14.2. The molecule has 1 atom stereocenters. The molecule has 4 aromatic carbocycles. The van der Waals surface area contributed by atoms with Crippen molar-refractivity contribution in [3.8, 4) is 17.2 Å². The molecule has 0 aromatic heterocycles. The molecule has 0 aliphatic carbocycles. The highest BCUT2D eigenvalue weighted by atomic mass is 32.2. The molecular formula is C37H41N3O7S. The van der Waals surface area contributed by atoms with Gasteiger partial charge in [0, 0.05) is 31.6 Å². The van der Waals surface area contributed by atoms with Crippen LogP contribution in [0.25, 0.3) is 0 Å². The van der Waals surface area contributed by atoms with Crippen molar-refractivity contribution in [2.45, 2.75) is 51.7 Å². The summed E-state index contributed by atoms with van der Waals surface area (Å²) in [6, 6.07) is 30.6. The number of carbonyl (C=O) groups is 2. The summed E-state index contributed by atoms with van der Waals surface area (Å²) in [7, 11) is -3.42. The first-order valence-corrected chi connectivity index (χ1v) is 17.8. The molecule has 0 saturated carbocycles. The van der Waals surface area contributed by atoms with E-state index in [4.69, 9.17) is 14.2 Å². The Bertz CT molecular complexity index is 1780. The quantitative estimate of drug-likeness (QED) is 0.104. The second-order valence-corrected chi connectivity index (χ2v) is 13.5. The maximum absolute atomic E-state index is 12.0. The van der Waals surface area contributed by atoms with Crippen LogP contribution in [-0.2, 0) is 37.4 Å². The number of hydrogen-bond donors (Lipinski definition) is 2. The Morgan fingerprint density at radius 2 is 1.50 bits per heavy atom. The van der Waals surface area contributed by atoms with Gasteiger partial charge in [0.25, 0.3) is 0 Å². The average molecular weight is 672 g/mol. The van der Waals surface area contributed by atoms with Crippen LogP contribution in [0.4, 0.5) is 11.4 Å². The lowest BCUT2D eigenvalue weighted by molar-refractivity contribution is -0.141. The number of sulfonamides is 1. The molecule has 1 aliphatic rings. The van der Waals surface area contributed by atoms with E-state index in [1.54, 1.807) is 6.07 Å². The van der Waals surface area contributed by atoms with Gasteiger partial charge in [0.15, 0.2) is 0 Å². The molecule has 0 radical (unpaired) electrons. The summed E-state index contributed by atoms with van der Waals surface area (Å²) in [4.78, 5) is 25.7. The number of benzene rings is 4. The minimum absolute atomic E-state index is 0.151. The number of rotatable bonds is 16. The maximum atomic E-state index is 12.0. The Kier molecular flexibility index (Phi) is 11.6. The van der Waals surface area contributed by atoms with Gasteiger partial charge in [-0.25, -0.2) is 13.2 Å². The van der Waals surface area contributed by atoms with Gasteiger partial charge in [-0.05, 0) is 85.0 Å². The molecule has 5 rings (SSSR count). The highest BCUT2D eigenvalue weighted by Crippen LogP contribution is 2.31. The average Bonchev–Trinajstić information content (AvgIpc) is 3.46. The number of cyclic esters (lactones) is 1. The van der Waals surface area contributed by atoms with Crippen LogP contribution in [0, 0.1) is 6.92 Å². The SMILES string of the molecule is Cc1c(NS(C)(=O)=O)cccc1N(Cc1ccccc1)Cc1ccc(Oc2ccc(OCCCCC(=O)NC3CCOC3=O)cc2)cc1. The lowest BCUT2D eigenvalue weighted by Crippen LogP contribution is -2.37. The number of unbranched alkanes of at least 4 members (excludes halogenated alkanes) is 1. The molecule has 1 amide bonds. The minimum Gasteiger partial charge on any atom is -0.494 e. The molecule has 48 heavy (non-hydrogen) atoms. The van der Waals surface area contributed by atoms with Crippen LogP contribution in [0.3, 0.4) is 0 Å². The first kappa shape index (κ1) is 34.3. The van der Waals surface area contributed by atoms with E-state index in [0.29, 0.717) is 74.9 Å². The number of nitrogens with one attached hydrogen (secondary N) is 2. The molecule has 252 valence electrons. The summed E-state index contributed by atoms with van der Waals surface area (Å²) in [5.41, 5.74) is 4.56. The number of amides is 1. The van der Waals surface area contributed by atoms with E-state index < -0.39 is 16.1 Å². The Morgan fingerprint density at radius 1 is 0.854 bits per heavy atom.